The normalized spacial score (nSPS) is 11.3. The quantitative estimate of drug-likeness (QED) is 0.189. The molecule has 0 radical (unpaired) electrons. The average Bonchev–Trinajstić information content (AvgIpc) is 3.20. The van der Waals surface area contributed by atoms with Crippen molar-refractivity contribution < 1.29 is 9.84 Å². The van der Waals surface area contributed by atoms with Gasteiger partial charge in [0.1, 0.15) is 11.5 Å². The van der Waals surface area contributed by atoms with Gasteiger partial charge in [-0.1, -0.05) is 158 Å². The van der Waals surface area contributed by atoms with Gasteiger partial charge in [0, 0.05) is 10.8 Å². The topological polar surface area (TPSA) is 29.5 Å². The summed E-state index contributed by atoms with van der Waals surface area (Å²) in [6.07, 6.45) is 0. The van der Waals surface area contributed by atoms with Crippen molar-refractivity contribution in [2.24, 2.45) is 0 Å². The molecule has 10 rings (SSSR count). The molecule has 0 fully saturated rings. The molecular formula is C50H36O2. The van der Waals surface area contributed by atoms with E-state index in [0.29, 0.717) is 12.4 Å². The first kappa shape index (κ1) is 31.3. The van der Waals surface area contributed by atoms with Gasteiger partial charge >= 0.3 is 0 Å². The molecule has 0 aliphatic heterocycles. The summed E-state index contributed by atoms with van der Waals surface area (Å²) in [5.74, 6) is 1.27. The van der Waals surface area contributed by atoms with Gasteiger partial charge in [0.05, 0.1) is 6.61 Å². The minimum atomic E-state index is 0.323. The van der Waals surface area contributed by atoms with Crippen LogP contribution in [0, 0.1) is 0 Å². The molecule has 2 nitrogen and oxygen atoms in total. The van der Waals surface area contributed by atoms with E-state index in [1.165, 1.54) is 65.2 Å². The van der Waals surface area contributed by atoms with E-state index in [1.807, 2.05) is 31.2 Å². The molecule has 0 aliphatic rings. The Labute approximate surface area is 302 Å². The van der Waals surface area contributed by atoms with Crippen LogP contribution < -0.4 is 4.74 Å². The van der Waals surface area contributed by atoms with Crippen molar-refractivity contribution in [1.29, 1.82) is 0 Å². The predicted octanol–water partition coefficient (Wildman–Crippen LogP) is 13.7. The molecule has 10 aromatic carbocycles. The Balaban J connectivity index is 0.000000139. The maximum absolute atomic E-state index is 10.3. The van der Waals surface area contributed by atoms with Gasteiger partial charge in [-0.2, -0.15) is 0 Å². The number of phenols is 1. The largest absolute Gasteiger partial charge is 0.507 e. The van der Waals surface area contributed by atoms with Gasteiger partial charge in [0.2, 0.25) is 0 Å². The number of hydrogen-bond donors (Lipinski definition) is 1. The summed E-state index contributed by atoms with van der Waals surface area (Å²) >= 11 is 0. The maximum Gasteiger partial charge on any atom is 0.127 e. The number of benzene rings is 10. The third kappa shape index (κ3) is 5.37. The maximum atomic E-state index is 10.3. The number of fused-ring (bicyclic) bond motifs is 6. The minimum absolute atomic E-state index is 0.323. The molecule has 0 heterocycles. The Kier molecular flexibility index (Phi) is 7.98. The summed E-state index contributed by atoms with van der Waals surface area (Å²) in [6, 6.07) is 63.6. The van der Waals surface area contributed by atoms with Crippen LogP contribution in [0.3, 0.4) is 0 Å². The molecule has 0 saturated heterocycles. The van der Waals surface area contributed by atoms with Gasteiger partial charge < -0.3 is 9.84 Å². The summed E-state index contributed by atoms with van der Waals surface area (Å²) in [5, 5.41) is 24.6. The van der Waals surface area contributed by atoms with Crippen LogP contribution in [0.4, 0.5) is 0 Å². The first-order valence-electron chi connectivity index (χ1n) is 17.9. The second-order valence-electron chi connectivity index (χ2n) is 13.2. The fourth-order valence-electron chi connectivity index (χ4n) is 7.88. The van der Waals surface area contributed by atoms with Crippen molar-refractivity contribution in [2.45, 2.75) is 6.92 Å². The Hall–Kier alpha value is -6.64. The second kappa shape index (κ2) is 13.2. The van der Waals surface area contributed by atoms with Crippen LogP contribution in [0.2, 0.25) is 0 Å². The van der Waals surface area contributed by atoms with E-state index >= 15 is 0 Å². The number of phenolic OH excluding ortho intramolecular Hbond substituents is 1. The van der Waals surface area contributed by atoms with Crippen LogP contribution in [0.1, 0.15) is 6.92 Å². The van der Waals surface area contributed by atoms with E-state index in [9.17, 15) is 5.11 Å². The van der Waals surface area contributed by atoms with Gasteiger partial charge in [-0.15, -0.1) is 0 Å². The molecule has 10 aromatic rings. The van der Waals surface area contributed by atoms with Crippen LogP contribution in [0.15, 0.2) is 182 Å². The summed E-state index contributed by atoms with van der Waals surface area (Å²) < 4.78 is 5.88. The second-order valence-corrected chi connectivity index (χ2v) is 13.2. The van der Waals surface area contributed by atoms with Crippen LogP contribution in [0.25, 0.3) is 86.9 Å². The summed E-state index contributed by atoms with van der Waals surface area (Å²) in [6.45, 7) is 2.70. The van der Waals surface area contributed by atoms with E-state index in [1.54, 1.807) is 6.07 Å². The molecule has 2 heteroatoms. The predicted molar refractivity (Wildman–Crippen MR) is 222 cm³/mol. The summed E-state index contributed by atoms with van der Waals surface area (Å²) in [7, 11) is 0. The Bertz CT molecular complexity index is 2830. The third-order valence-corrected chi connectivity index (χ3v) is 10.2. The lowest BCUT2D eigenvalue weighted by molar-refractivity contribution is 0.344. The Morgan fingerprint density at radius 1 is 0.365 bits per heavy atom. The molecule has 0 amide bonds. The zero-order chi connectivity index (χ0) is 35.0. The van der Waals surface area contributed by atoms with Gasteiger partial charge in [0.25, 0.3) is 0 Å². The van der Waals surface area contributed by atoms with Crippen molar-refractivity contribution in [1.82, 2.24) is 0 Å². The van der Waals surface area contributed by atoms with Crippen molar-refractivity contribution in [2.75, 3.05) is 6.61 Å². The van der Waals surface area contributed by atoms with E-state index in [0.717, 1.165) is 27.5 Å². The van der Waals surface area contributed by atoms with Crippen molar-refractivity contribution in [3.63, 3.8) is 0 Å². The van der Waals surface area contributed by atoms with Gasteiger partial charge in [0.15, 0.2) is 0 Å². The molecule has 248 valence electrons. The lowest BCUT2D eigenvalue weighted by Crippen LogP contribution is -1.94. The van der Waals surface area contributed by atoms with E-state index in [-0.39, 0.29) is 0 Å². The SMILES string of the molecule is CCOc1ccc(-c2c3ccccc3cc3ccccc23)c2ccccc12.Oc1ccc(-c2c3ccccc3cc3ccccc23)c2ccccc12. The standard InChI is InChI=1S/C26H20O.C24H16O/c1-2-27-25-16-15-24(22-13-7-8-14-23(22)25)26-20-11-5-3-9-18(20)17-19-10-4-6-12-21(19)26;25-23-14-13-22(20-11-5-6-12-21(20)23)24-18-9-3-1-7-16(18)15-17-8-2-4-10-19(17)24/h3-17H,2H2,1H3;1-15,25H. The molecule has 0 saturated carbocycles. The molecule has 0 unspecified atom stereocenters. The molecule has 1 N–H and O–H groups in total. The van der Waals surface area contributed by atoms with E-state index in [2.05, 4.69) is 152 Å². The zero-order valence-electron chi connectivity index (χ0n) is 28.9. The lowest BCUT2D eigenvalue weighted by Gasteiger charge is -2.16. The zero-order valence-corrected chi connectivity index (χ0v) is 28.9. The summed E-state index contributed by atoms with van der Waals surface area (Å²) in [5.41, 5.74) is 4.93. The van der Waals surface area contributed by atoms with Gasteiger partial charge in [-0.05, 0) is 107 Å². The third-order valence-electron chi connectivity index (χ3n) is 10.2. The Morgan fingerprint density at radius 2 is 0.712 bits per heavy atom. The van der Waals surface area contributed by atoms with Crippen molar-refractivity contribution in [3.05, 3.63) is 182 Å². The van der Waals surface area contributed by atoms with Crippen LogP contribution in [-0.2, 0) is 0 Å². The number of ether oxygens (including phenoxy) is 1. The smallest absolute Gasteiger partial charge is 0.127 e. The molecule has 0 aliphatic carbocycles. The van der Waals surface area contributed by atoms with Gasteiger partial charge in [-0.3, -0.25) is 0 Å². The van der Waals surface area contributed by atoms with Crippen LogP contribution in [0.5, 0.6) is 11.5 Å². The van der Waals surface area contributed by atoms with E-state index in [4.69, 9.17) is 4.74 Å². The first-order valence-corrected chi connectivity index (χ1v) is 17.9. The molecule has 0 bridgehead atoms. The van der Waals surface area contributed by atoms with E-state index < -0.39 is 0 Å². The monoisotopic (exact) mass is 668 g/mol. The van der Waals surface area contributed by atoms with Crippen molar-refractivity contribution in [3.8, 4) is 33.8 Å². The molecule has 0 aromatic heterocycles. The van der Waals surface area contributed by atoms with Gasteiger partial charge in [-0.25, -0.2) is 0 Å². The molecular weight excluding hydrogens is 633 g/mol. The Morgan fingerprint density at radius 3 is 1.15 bits per heavy atom. The number of aromatic hydroxyl groups is 1. The summed E-state index contributed by atoms with van der Waals surface area (Å²) in [4.78, 5) is 0. The molecule has 0 spiro atoms. The highest BCUT2D eigenvalue weighted by atomic mass is 16.5. The average molecular weight is 669 g/mol. The number of rotatable bonds is 4. The first-order chi connectivity index (χ1) is 25.7. The fourth-order valence-corrected chi connectivity index (χ4v) is 7.88. The highest BCUT2D eigenvalue weighted by molar-refractivity contribution is 6.18. The highest BCUT2D eigenvalue weighted by Crippen LogP contribution is 2.43. The molecule has 0 atom stereocenters. The number of hydrogen-bond acceptors (Lipinski definition) is 2. The molecule has 52 heavy (non-hydrogen) atoms. The minimum Gasteiger partial charge on any atom is -0.507 e. The fraction of sp³-hybridized carbons (Fsp3) is 0.0400. The van der Waals surface area contributed by atoms with Crippen molar-refractivity contribution >= 4 is 64.6 Å². The lowest BCUT2D eigenvalue weighted by atomic mass is 9.89. The van der Waals surface area contributed by atoms with Crippen LogP contribution >= 0.6 is 0 Å². The van der Waals surface area contributed by atoms with Crippen LogP contribution in [-0.4, -0.2) is 11.7 Å². The highest BCUT2D eigenvalue weighted by Gasteiger charge is 2.15.